The number of halogens is 1. The molecule has 0 saturated heterocycles. The highest BCUT2D eigenvalue weighted by Gasteiger charge is 2.18. The van der Waals surface area contributed by atoms with Crippen molar-refractivity contribution < 1.29 is 4.74 Å². The number of hydrogen-bond acceptors (Lipinski definition) is 3. The van der Waals surface area contributed by atoms with Crippen LogP contribution in [0.25, 0.3) is 0 Å². The van der Waals surface area contributed by atoms with E-state index < -0.39 is 0 Å². The minimum absolute atomic E-state index is 0.201. The van der Waals surface area contributed by atoms with Gasteiger partial charge in [-0.3, -0.25) is 5.01 Å². The molecule has 0 radical (unpaired) electrons. The number of allylic oxidation sites excluding steroid dienone is 2. The van der Waals surface area contributed by atoms with Gasteiger partial charge in [-0.15, -0.1) is 0 Å². The number of rotatable bonds is 4. The van der Waals surface area contributed by atoms with Crippen molar-refractivity contribution in [1.29, 1.82) is 0 Å². The zero-order valence-electron chi connectivity index (χ0n) is 12.5. The maximum Gasteiger partial charge on any atom is 0.151 e. The summed E-state index contributed by atoms with van der Waals surface area (Å²) in [7, 11) is 1.64. The van der Waals surface area contributed by atoms with Crippen molar-refractivity contribution in [2.45, 2.75) is 26.3 Å². The van der Waals surface area contributed by atoms with Crippen LogP contribution in [-0.2, 0) is 0 Å². The smallest absolute Gasteiger partial charge is 0.151 e. The monoisotopic (exact) mass is 349 g/mol. The molecule has 1 aromatic carbocycles. The summed E-state index contributed by atoms with van der Waals surface area (Å²) in [5, 5.41) is 6.46. The Hall–Kier alpha value is -1.75. The van der Waals surface area contributed by atoms with E-state index in [4.69, 9.17) is 10.5 Å². The second kappa shape index (κ2) is 6.80. The molecule has 1 aromatic rings. The maximum absolute atomic E-state index is 6.14. The number of amidine groups is 1. The number of hydrogen-bond donors (Lipinski definition) is 1. The summed E-state index contributed by atoms with van der Waals surface area (Å²) in [6.07, 6.45) is 5.11. The Morgan fingerprint density at radius 3 is 2.90 bits per heavy atom. The van der Waals surface area contributed by atoms with Gasteiger partial charge in [0.05, 0.1) is 13.2 Å². The van der Waals surface area contributed by atoms with Gasteiger partial charge in [0.2, 0.25) is 0 Å². The number of methoxy groups -OCH3 is 1. The molecule has 1 heterocycles. The van der Waals surface area contributed by atoms with Crippen molar-refractivity contribution in [1.82, 2.24) is 5.01 Å². The molecule has 0 fully saturated rings. The van der Waals surface area contributed by atoms with Gasteiger partial charge >= 0.3 is 0 Å². The third-order valence-corrected chi connectivity index (χ3v) is 4.28. The van der Waals surface area contributed by atoms with Crippen LogP contribution in [0.3, 0.4) is 0 Å². The molecule has 112 valence electrons. The quantitative estimate of drug-likeness (QED) is 0.667. The van der Waals surface area contributed by atoms with E-state index in [9.17, 15) is 0 Å². The van der Waals surface area contributed by atoms with Crippen LogP contribution >= 0.6 is 15.9 Å². The predicted octanol–water partition coefficient (Wildman–Crippen LogP) is 3.59. The van der Waals surface area contributed by atoms with E-state index in [0.29, 0.717) is 5.84 Å². The molecule has 1 aliphatic heterocycles. The largest absolute Gasteiger partial charge is 0.497 e. The number of ether oxygens (including phenoxy) is 1. The molecule has 0 saturated carbocycles. The maximum atomic E-state index is 6.14. The highest BCUT2D eigenvalue weighted by atomic mass is 79.9. The minimum Gasteiger partial charge on any atom is -0.497 e. The second-order valence-electron chi connectivity index (χ2n) is 4.90. The van der Waals surface area contributed by atoms with Gasteiger partial charge in [-0.1, -0.05) is 35.0 Å². The van der Waals surface area contributed by atoms with E-state index in [1.165, 1.54) is 0 Å². The highest BCUT2D eigenvalue weighted by molar-refractivity contribution is 9.12. The van der Waals surface area contributed by atoms with E-state index in [1.54, 1.807) is 7.11 Å². The van der Waals surface area contributed by atoms with Crippen molar-refractivity contribution in [2.24, 2.45) is 10.8 Å². The Kier molecular flexibility index (Phi) is 5.07. The molecular weight excluding hydrogens is 330 g/mol. The molecule has 2 N–H and O–H groups in total. The Labute approximate surface area is 134 Å². The fraction of sp³-hybridized carbons (Fsp3) is 0.312. The Balaban J connectivity index is 2.29. The summed E-state index contributed by atoms with van der Waals surface area (Å²) in [6.45, 7) is 4.16. The fourth-order valence-electron chi connectivity index (χ4n) is 2.10. The Morgan fingerprint density at radius 2 is 2.24 bits per heavy atom. The molecule has 0 aromatic heterocycles. The van der Waals surface area contributed by atoms with E-state index in [0.717, 1.165) is 27.8 Å². The standard InChI is InChI=1S/C16H20BrN3O/c1-4-13-9-15(17)11(2)10-20(13)19-16(18)12-6-5-7-14(8-12)21-3/h5-10,13H,4H2,1-3H3,(H2,18,19). The molecule has 0 spiro atoms. The summed E-state index contributed by atoms with van der Waals surface area (Å²) >= 11 is 3.56. The predicted molar refractivity (Wildman–Crippen MR) is 90.4 cm³/mol. The van der Waals surface area contributed by atoms with Crippen LogP contribution in [0.4, 0.5) is 0 Å². The molecule has 0 amide bonds. The first-order chi connectivity index (χ1) is 10.0. The fourth-order valence-corrected chi connectivity index (χ4v) is 2.51. The average molecular weight is 350 g/mol. The lowest BCUT2D eigenvalue weighted by Gasteiger charge is -2.28. The van der Waals surface area contributed by atoms with Crippen LogP contribution in [-0.4, -0.2) is 24.0 Å². The summed E-state index contributed by atoms with van der Waals surface area (Å²) in [4.78, 5) is 0. The number of nitrogens with zero attached hydrogens (tertiary/aromatic N) is 2. The molecule has 21 heavy (non-hydrogen) atoms. The van der Waals surface area contributed by atoms with Crippen molar-refractivity contribution in [3.8, 4) is 5.75 Å². The van der Waals surface area contributed by atoms with Gasteiger partial charge in [0.25, 0.3) is 0 Å². The van der Waals surface area contributed by atoms with Crippen molar-refractivity contribution in [2.75, 3.05) is 7.11 Å². The van der Waals surface area contributed by atoms with E-state index >= 15 is 0 Å². The SMILES string of the molecule is CCC1C=C(Br)C(C)=CN1/N=C(\N)c1cccc(OC)c1. The molecular formula is C16H20BrN3O. The van der Waals surface area contributed by atoms with E-state index in [-0.39, 0.29) is 6.04 Å². The van der Waals surface area contributed by atoms with Crippen LogP contribution < -0.4 is 10.5 Å². The summed E-state index contributed by atoms with van der Waals surface area (Å²) in [5.41, 5.74) is 8.12. The number of nitrogens with two attached hydrogens (primary N) is 1. The summed E-state index contributed by atoms with van der Waals surface area (Å²) < 4.78 is 6.33. The molecule has 5 heteroatoms. The van der Waals surface area contributed by atoms with E-state index in [2.05, 4.69) is 34.0 Å². The van der Waals surface area contributed by atoms with Crippen LogP contribution in [0.1, 0.15) is 25.8 Å². The topological polar surface area (TPSA) is 50.8 Å². The van der Waals surface area contributed by atoms with Crippen LogP contribution in [0.2, 0.25) is 0 Å². The lowest BCUT2D eigenvalue weighted by atomic mass is 10.1. The van der Waals surface area contributed by atoms with Crippen molar-refractivity contribution in [3.63, 3.8) is 0 Å². The summed E-state index contributed by atoms with van der Waals surface area (Å²) in [5.74, 6) is 1.24. The molecule has 1 atom stereocenters. The van der Waals surface area contributed by atoms with Gasteiger partial charge in [-0.25, -0.2) is 0 Å². The van der Waals surface area contributed by atoms with Crippen molar-refractivity contribution in [3.05, 3.63) is 52.2 Å². The third kappa shape index (κ3) is 3.67. The Morgan fingerprint density at radius 1 is 1.48 bits per heavy atom. The number of benzene rings is 1. The second-order valence-corrected chi connectivity index (χ2v) is 5.75. The molecule has 0 aliphatic carbocycles. The van der Waals surface area contributed by atoms with Gasteiger partial charge in [0.15, 0.2) is 5.84 Å². The average Bonchev–Trinajstić information content (AvgIpc) is 2.50. The Bertz CT molecular complexity index is 607. The van der Waals surface area contributed by atoms with Gasteiger partial charge in [0, 0.05) is 16.2 Å². The zero-order chi connectivity index (χ0) is 15.4. The first-order valence-corrected chi connectivity index (χ1v) is 7.67. The van der Waals surface area contributed by atoms with E-state index in [1.807, 2.05) is 42.4 Å². The molecule has 0 bridgehead atoms. The first-order valence-electron chi connectivity index (χ1n) is 6.88. The van der Waals surface area contributed by atoms with Gasteiger partial charge in [0.1, 0.15) is 5.75 Å². The molecule has 2 rings (SSSR count). The lowest BCUT2D eigenvalue weighted by Crippen LogP contribution is -2.30. The minimum atomic E-state index is 0.201. The van der Waals surface area contributed by atoms with Crippen molar-refractivity contribution >= 4 is 21.8 Å². The lowest BCUT2D eigenvalue weighted by molar-refractivity contribution is 0.321. The van der Waals surface area contributed by atoms with Crippen LogP contribution in [0.15, 0.2) is 51.7 Å². The van der Waals surface area contributed by atoms with Gasteiger partial charge in [-0.05, 0) is 37.1 Å². The molecule has 1 aliphatic rings. The normalized spacial score (nSPS) is 19.1. The molecule has 4 nitrogen and oxygen atoms in total. The number of hydrazone groups is 1. The zero-order valence-corrected chi connectivity index (χ0v) is 14.1. The molecule has 1 unspecified atom stereocenters. The summed E-state index contributed by atoms with van der Waals surface area (Å²) in [6, 6.07) is 7.80. The van der Waals surface area contributed by atoms with Gasteiger partial charge < -0.3 is 10.5 Å². The first kappa shape index (κ1) is 15.6. The van der Waals surface area contributed by atoms with Gasteiger partial charge in [-0.2, -0.15) is 5.10 Å². The van der Waals surface area contributed by atoms with Crippen LogP contribution in [0.5, 0.6) is 5.75 Å². The highest BCUT2D eigenvalue weighted by Crippen LogP contribution is 2.26. The third-order valence-electron chi connectivity index (χ3n) is 3.39. The van der Waals surface area contributed by atoms with Crippen LogP contribution in [0, 0.1) is 0 Å².